The molecule has 2 aromatic rings. The number of nitrogens with two attached hydrogens (primary N) is 1. The quantitative estimate of drug-likeness (QED) is 0.792. The van der Waals surface area contributed by atoms with E-state index in [0.717, 1.165) is 43.1 Å². The molecule has 0 atom stereocenters. The van der Waals surface area contributed by atoms with Crippen LogP contribution in [0.25, 0.3) is 5.52 Å². The predicted octanol–water partition coefficient (Wildman–Crippen LogP) is 1.81. The van der Waals surface area contributed by atoms with E-state index in [9.17, 15) is 0 Å². The Balaban J connectivity index is 2.03. The Bertz CT molecular complexity index is 500. The van der Waals surface area contributed by atoms with Crippen molar-refractivity contribution >= 4 is 11.2 Å². The molecule has 1 fully saturated rings. The minimum absolute atomic E-state index is 0.514. The Morgan fingerprint density at radius 3 is 3.00 bits per heavy atom. The molecule has 1 aliphatic rings. The van der Waals surface area contributed by atoms with Crippen LogP contribution in [0, 0.1) is 0 Å². The first-order valence-electron chi connectivity index (χ1n) is 5.65. The van der Waals surface area contributed by atoms with Crippen molar-refractivity contribution in [3.63, 3.8) is 0 Å². The number of nitrogens with zero attached hydrogens (tertiary/aromatic N) is 2. The van der Waals surface area contributed by atoms with Gasteiger partial charge < -0.3 is 14.9 Å². The molecule has 0 unspecified atom stereocenters. The summed E-state index contributed by atoms with van der Waals surface area (Å²) in [5.74, 6) is 1.65. The van der Waals surface area contributed by atoms with Gasteiger partial charge in [0.25, 0.3) is 0 Å². The average molecular weight is 217 g/mol. The Labute approximate surface area is 94.0 Å². The molecule has 84 valence electrons. The summed E-state index contributed by atoms with van der Waals surface area (Å²) in [4.78, 5) is 4.51. The lowest BCUT2D eigenvalue weighted by Crippen LogP contribution is -2.16. The topological polar surface area (TPSA) is 52.5 Å². The number of hydrogen-bond donors (Lipinski definition) is 1. The van der Waals surface area contributed by atoms with Gasteiger partial charge in [0, 0.05) is 31.0 Å². The lowest BCUT2D eigenvalue weighted by molar-refractivity contribution is 0.0835. The van der Waals surface area contributed by atoms with Crippen LogP contribution in [-0.2, 0) is 4.74 Å². The van der Waals surface area contributed by atoms with Crippen LogP contribution in [0.5, 0.6) is 0 Å². The summed E-state index contributed by atoms with van der Waals surface area (Å²) in [6.07, 6.45) is 6.01. The van der Waals surface area contributed by atoms with Crippen molar-refractivity contribution in [2.75, 3.05) is 18.9 Å². The largest absolute Gasteiger partial charge is 0.399 e. The molecule has 3 rings (SSSR count). The zero-order valence-corrected chi connectivity index (χ0v) is 9.10. The monoisotopic (exact) mass is 217 g/mol. The van der Waals surface area contributed by atoms with E-state index in [1.54, 1.807) is 0 Å². The number of fused-ring (bicyclic) bond motifs is 1. The van der Waals surface area contributed by atoms with Crippen LogP contribution in [0.2, 0.25) is 0 Å². The van der Waals surface area contributed by atoms with Gasteiger partial charge in [-0.25, -0.2) is 4.98 Å². The van der Waals surface area contributed by atoms with Crippen LogP contribution in [-0.4, -0.2) is 22.6 Å². The number of rotatable bonds is 1. The highest BCUT2D eigenvalue weighted by Crippen LogP contribution is 2.26. The molecule has 0 amide bonds. The third-order valence-electron chi connectivity index (χ3n) is 3.17. The molecule has 1 aliphatic heterocycles. The summed E-state index contributed by atoms with van der Waals surface area (Å²) in [6, 6.07) is 3.87. The second kappa shape index (κ2) is 3.79. The van der Waals surface area contributed by atoms with Crippen molar-refractivity contribution in [3.8, 4) is 0 Å². The number of pyridine rings is 1. The SMILES string of the molecule is Nc1ccn2c(C3CCOCC3)ncc2c1. The number of ether oxygens (including phenoxy) is 1. The normalized spacial score (nSPS) is 18.0. The third kappa shape index (κ3) is 1.55. The van der Waals surface area contributed by atoms with Crippen molar-refractivity contribution < 1.29 is 4.74 Å². The van der Waals surface area contributed by atoms with Crippen molar-refractivity contribution in [2.45, 2.75) is 18.8 Å². The summed E-state index contributed by atoms with van der Waals surface area (Å²) in [7, 11) is 0. The Morgan fingerprint density at radius 1 is 1.38 bits per heavy atom. The van der Waals surface area contributed by atoms with Crippen molar-refractivity contribution in [1.82, 2.24) is 9.38 Å². The average Bonchev–Trinajstić information content (AvgIpc) is 2.73. The van der Waals surface area contributed by atoms with E-state index >= 15 is 0 Å². The van der Waals surface area contributed by atoms with Gasteiger partial charge in [-0.15, -0.1) is 0 Å². The molecule has 0 spiro atoms. The molecule has 2 N–H and O–H groups in total. The van der Waals surface area contributed by atoms with E-state index in [4.69, 9.17) is 10.5 Å². The van der Waals surface area contributed by atoms with Crippen molar-refractivity contribution in [1.29, 1.82) is 0 Å². The lowest BCUT2D eigenvalue weighted by atomic mass is 10.00. The van der Waals surface area contributed by atoms with Crippen molar-refractivity contribution in [2.24, 2.45) is 0 Å². The predicted molar refractivity (Wildman–Crippen MR) is 62.4 cm³/mol. The molecule has 0 aromatic carbocycles. The van der Waals surface area contributed by atoms with Crippen LogP contribution in [0.4, 0.5) is 5.69 Å². The van der Waals surface area contributed by atoms with Gasteiger partial charge in [-0.1, -0.05) is 0 Å². The van der Waals surface area contributed by atoms with Gasteiger partial charge in [0.05, 0.1) is 11.7 Å². The lowest BCUT2D eigenvalue weighted by Gasteiger charge is -2.20. The summed E-state index contributed by atoms with van der Waals surface area (Å²) >= 11 is 0. The van der Waals surface area contributed by atoms with E-state index in [-0.39, 0.29) is 0 Å². The van der Waals surface area contributed by atoms with Crippen molar-refractivity contribution in [3.05, 3.63) is 30.4 Å². The van der Waals surface area contributed by atoms with Gasteiger partial charge in [-0.3, -0.25) is 0 Å². The van der Waals surface area contributed by atoms with Crippen LogP contribution in [0.1, 0.15) is 24.6 Å². The zero-order valence-electron chi connectivity index (χ0n) is 9.10. The van der Waals surface area contributed by atoms with Crippen LogP contribution < -0.4 is 5.73 Å². The van der Waals surface area contributed by atoms with E-state index in [1.807, 2.05) is 24.5 Å². The molecule has 4 heteroatoms. The summed E-state index contributed by atoms with van der Waals surface area (Å²) in [6.45, 7) is 1.68. The molecule has 0 aliphatic carbocycles. The fraction of sp³-hybridized carbons (Fsp3) is 0.417. The molecule has 0 saturated carbocycles. The Hall–Kier alpha value is -1.55. The van der Waals surface area contributed by atoms with Crippen LogP contribution >= 0.6 is 0 Å². The molecular weight excluding hydrogens is 202 g/mol. The minimum atomic E-state index is 0.514. The Morgan fingerprint density at radius 2 is 2.19 bits per heavy atom. The fourth-order valence-electron chi connectivity index (χ4n) is 2.30. The van der Waals surface area contributed by atoms with Crippen LogP contribution in [0.3, 0.4) is 0 Å². The van der Waals surface area contributed by atoms with E-state index in [0.29, 0.717) is 5.92 Å². The van der Waals surface area contributed by atoms with Gasteiger partial charge in [-0.2, -0.15) is 0 Å². The number of imidazole rings is 1. The molecule has 0 bridgehead atoms. The summed E-state index contributed by atoms with van der Waals surface area (Å²) < 4.78 is 7.50. The van der Waals surface area contributed by atoms with Gasteiger partial charge >= 0.3 is 0 Å². The van der Waals surface area contributed by atoms with Gasteiger partial charge in [-0.05, 0) is 25.0 Å². The number of nitrogen functional groups attached to an aromatic ring is 1. The molecule has 2 aromatic heterocycles. The highest BCUT2D eigenvalue weighted by Gasteiger charge is 2.19. The van der Waals surface area contributed by atoms with E-state index in [2.05, 4.69) is 9.38 Å². The second-order valence-corrected chi connectivity index (χ2v) is 4.26. The highest BCUT2D eigenvalue weighted by atomic mass is 16.5. The molecule has 4 nitrogen and oxygen atoms in total. The molecular formula is C12H15N3O. The van der Waals surface area contributed by atoms with Gasteiger partial charge in [0.1, 0.15) is 5.82 Å². The first-order valence-corrected chi connectivity index (χ1v) is 5.65. The first-order chi connectivity index (χ1) is 7.84. The number of aromatic nitrogens is 2. The smallest absolute Gasteiger partial charge is 0.116 e. The summed E-state index contributed by atoms with van der Waals surface area (Å²) in [5.41, 5.74) is 7.60. The third-order valence-corrected chi connectivity index (χ3v) is 3.17. The fourth-order valence-corrected chi connectivity index (χ4v) is 2.30. The zero-order chi connectivity index (χ0) is 11.0. The standard InChI is InChI=1S/C12H15N3O/c13-10-1-4-15-11(7-10)8-14-12(15)9-2-5-16-6-3-9/h1,4,7-9H,2-3,5-6,13H2. The maximum atomic E-state index is 5.75. The van der Waals surface area contributed by atoms with Crippen LogP contribution in [0.15, 0.2) is 24.5 Å². The van der Waals surface area contributed by atoms with Gasteiger partial charge in [0.2, 0.25) is 0 Å². The number of hydrogen-bond acceptors (Lipinski definition) is 3. The maximum Gasteiger partial charge on any atom is 0.116 e. The molecule has 3 heterocycles. The summed E-state index contributed by atoms with van der Waals surface area (Å²) in [5, 5.41) is 0. The first kappa shape index (κ1) is 9.66. The van der Waals surface area contributed by atoms with Gasteiger partial charge in [0.15, 0.2) is 0 Å². The highest BCUT2D eigenvalue weighted by molar-refractivity contribution is 5.56. The molecule has 16 heavy (non-hydrogen) atoms. The second-order valence-electron chi connectivity index (χ2n) is 4.26. The van der Waals surface area contributed by atoms with E-state index < -0.39 is 0 Å². The molecule has 0 radical (unpaired) electrons. The minimum Gasteiger partial charge on any atom is -0.399 e. The Kier molecular flexibility index (Phi) is 2.29. The number of anilines is 1. The maximum absolute atomic E-state index is 5.75. The van der Waals surface area contributed by atoms with E-state index in [1.165, 1.54) is 0 Å². The molecule has 1 saturated heterocycles.